The molecule has 0 aliphatic rings. The summed E-state index contributed by atoms with van der Waals surface area (Å²) in [5.74, 6) is -6.43. The van der Waals surface area contributed by atoms with E-state index in [-0.39, 0.29) is 54.2 Å². The van der Waals surface area contributed by atoms with Gasteiger partial charge >= 0.3 is 23.9 Å². The maximum absolute atomic E-state index is 13.0. The summed E-state index contributed by atoms with van der Waals surface area (Å²) in [6.45, 7) is 12.9. The number of carbonyl (C=O) groups excluding carboxylic acids is 4. The van der Waals surface area contributed by atoms with Gasteiger partial charge in [-0.15, -0.1) is 0 Å². The van der Waals surface area contributed by atoms with Crippen molar-refractivity contribution in [1.82, 2.24) is 0 Å². The Hall–Kier alpha value is -1.94. The van der Waals surface area contributed by atoms with Crippen molar-refractivity contribution < 1.29 is 38.1 Å². The molecule has 0 aliphatic carbocycles. The Morgan fingerprint density at radius 2 is 0.896 bits per heavy atom. The van der Waals surface area contributed by atoms with Crippen LogP contribution in [0.5, 0.6) is 11.5 Å². The molecule has 0 saturated heterocycles. The Bertz CT molecular complexity index is 1390. The minimum absolute atomic E-state index is 0.0416. The van der Waals surface area contributed by atoms with Gasteiger partial charge in [-0.1, -0.05) is 124 Å². The highest BCUT2D eigenvalue weighted by Crippen LogP contribution is 2.42. The van der Waals surface area contributed by atoms with Crippen LogP contribution in [0, 0.1) is 10.8 Å². The molecule has 2 rings (SSSR count). The molecule has 0 radical (unpaired) electrons. The maximum Gasteiger partial charge on any atom is 0.423 e. The van der Waals surface area contributed by atoms with Gasteiger partial charge in [0.15, 0.2) is 11.5 Å². The first-order valence-electron chi connectivity index (χ1n) is 15.5. The van der Waals surface area contributed by atoms with Crippen molar-refractivity contribution in [2.75, 3.05) is 13.2 Å². The van der Waals surface area contributed by atoms with Gasteiger partial charge in [0.25, 0.3) is 0 Å². The Morgan fingerprint density at radius 3 is 1.21 bits per heavy atom. The Kier molecular flexibility index (Phi) is 16.6. The molecule has 0 spiro atoms. The van der Waals surface area contributed by atoms with E-state index in [2.05, 4.69) is 41.5 Å². The number of ether oxygens (including phenoxy) is 4. The summed E-state index contributed by atoms with van der Waals surface area (Å²) in [6.07, 6.45) is 6.59. The van der Waals surface area contributed by atoms with E-state index in [4.69, 9.17) is 88.6 Å². The monoisotopic (exact) mass is 786 g/mol. The zero-order valence-corrected chi connectivity index (χ0v) is 32.3. The fraction of sp³-hybridized carbons (Fsp3) is 0.529. The van der Waals surface area contributed by atoms with E-state index in [9.17, 15) is 19.2 Å². The molecule has 2 aromatic carbocycles. The average molecular weight is 789 g/mol. The van der Waals surface area contributed by atoms with Crippen molar-refractivity contribution in [2.24, 2.45) is 10.8 Å². The van der Waals surface area contributed by atoms with Crippen LogP contribution in [-0.4, -0.2) is 37.1 Å². The van der Waals surface area contributed by atoms with Crippen LogP contribution in [0.1, 0.15) is 114 Å². The van der Waals surface area contributed by atoms with E-state index in [1.807, 2.05) is 0 Å². The summed E-state index contributed by atoms with van der Waals surface area (Å²) in [4.78, 5) is 52.0. The molecule has 8 nitrogen and oxygen atoms in total. The van der Waals surface area contributed by atoms with Crippen molar-refractivity contribution >= 4 is 93.5 Å². The first-order valence-corrected chi connectivity index (χ1v) is 17.8. The molecule has 0 amide bonds. The van der Waals surface area contributed by atoms with Crippen LogP contribution < -0.4 is 9.47 Å². The third kappa shape index (κ3) is 12.1. The second kappa shape index (κ2) is 18.9. The number of hydrogen-bond acceptors (Lipinski definition) is 8. The smallest absolute Gasteiger partial charge is 0.423 e. The summed E-state index contributed by atoms with van der Waals surface area (Å²) >= 11 is 37.3. The molecule has 2 aromatic rings. The molecule has 0 heterocycles. The molecule has 14 heteroatoms. The molecule has 0 fully saturated rings. The predicted octanol–water partition coefficient (Wildman–Crippen LogP) is 11.6. The summed E-state index contributed by atoms with van der Waals surface area (Å²) < 4.78 is 21.0. The molecule has 0 aliphatic heterocycles. The lowest BCUT2D eigenvalue weighted by molar-refractivity contribution is -0.156. The largest absolute Gasteiger partial charge is 0.462 e. The number of halogens is 6. The van der Waals surface area contributed by atoms with Gasteiger partial charge < -0.3 is 18.9 Å². The number of hydrogen-bond donors (Lipinski definition) is 0. The van der Waals surface area contributed by atoms with E-state index in [0.29, 0.717) is 12.8 Å². The average Bonchev–Trinajstić information content (AvgIpc) is 3.01. The van der Waals surface area contributed by atoms with Crippen LogP contribution in [0.25, 0.3) is 0 Å². The van der Waals surface area contributed by atoms with Crippen LogP contribution in [0.2, 0.25) is 30.1 Å². The number of rotatable bonds is 16. The standard InChI is InChI=1S/C34H40Cl6O8/c1-7-33(3,4)13-9-11-15-45-29(41)23-25(39)19(35)17-21(37)27(23)47-31(43)32(44)48-28-22(38)18-20(36)26(40)24(28)30(42)46-16-12-10-14-34(5,6)8-2/h17-18H,7-16H2,1-6H3. The van der Waals surface area contributed by atoms with Crippen molar-refractivity contribution in [3.05, 3.63) is 53.4 Å². The molecule has 0 aromatic heterocycles. The van der Waals surface area contributed by atoms with Crippen molar-refractivity contribution in [1.29, 1.82) is 0 Å². The normalized spacial score (nSPS) is 11.7. The Labute approximate surface area is 311 Å². The van der Waals surface area contributed by atoms with Crippen LogP contribution in [0.4, 0.5) is 0 Å². The van der Waals surface area contributed by atoms with Gasteiger partial charge in [-0.25, -0.2) is 19.2 Å². The first-order chi connectivity index (χ1) is 22.4. The number of benzene rings is 2. The quantitative estimate of drug-likeness (QED) is 0.0544. The topological polar surface area (TPSA) is 105 Å². The molecule has 0 atom stereocenters. The lowest BCUT2D eigenvalue weighted by Gasteiger charge is -2.22. The maximum atomic E-state index is 13.0. The third-order valence-electron chi connectivity index (χ3n) is 8.09. The molecule has 0 saturated carbocycles. The van der Waals surface area contributed by atoms with E-state index in [0.717, 1.165) is 50.7 Å². The van der Waals surface area contributed by atoms with Crippen molar-refractivity contribution in [2.45, 2.75) is 92.9 Å². The van der Waals surface area contributed by atoms with E-state index in [1.165, 1.54) is 0 Å². The lowest BCUT2D eigenvalue weighted by Crippen LogP contribution is -2.27. The fourth-order valence-electron chi connectivity index (χ4n) is 4.23. The summed E-state index contributed by atoms with van der Waals surface area (Å²) in [5.41, 5.74) is -0.637. The van der Waals surface area contributed by atoms with Crippen LogP contribution in [-0.2, 0) is 19.1 Å². The van der Waals surface area contributed by atoms with Crippen LogP contribution in [0.3, 0.4) is 0 Å². The molecule has 0 N–H and O–H groups in total. The molecule has 266 valence electrons. The second-order valence-electron chi connectivity index (χ2n) is 12.7. The van der Waals surface area contributed by atoms with Gasteiger partial charge in [0, 0.05) is 0 Å². The van der Waals surface area contributed by atoms with E-state index >= 15 is 0 Å². The highest BCUT2D eigenvalue weighted by atomic mass is 35.5. The zero-order valence-electron chi connectivity index (χ0n) is 27.8. The third-order valence-corrected chi connectivity index (χ3v) is 10.2. The second-order valence-corrected chi connectivity index (χ2v) is 15.1. The molecule has 48 heavy (non-hydrogen) atoms. The summed E-state index contributed by atoms with van der Waals surface area (Å²) in [5, 5.41) is -1.51. The van der Waals surface area contributed by atoms with Crippen molar-refractivity contribution in [3.63, 3.8) is 0 Å². The number of esters is 4. The summed E-state index contributed by atoms with van der Waals surface area (Å²) in [7, 11) is 0. The lowest BCUT2D eigenvalue weighted by atomic mass is 9.85. The number of unbranched alkanes of at least 4 members (excludes halogenated alkanes) is 2. The van der Waals surface area contributed by atoms with E-state index in [1.54, 1.807) is 0 Å². The van der Waals surface area contributed by atoms with Crippen LogP contribution >= 0.6 is 69.6 Å². The highest BCUT2D eigenvalue weighted by Gasteiger charge is 2.32. The van der Waals surface area contributed by atoms with Crippen molar-refractivity contribution in [3.8, 4) is 11.5 Å². The van der Waals surface area contributed by atoms with Gasteiger partial charge in [0.2, 0.25) is 0 Å². The highest BCUT2D eigenvalue weighted by molar-refractivity contribution is 6.47. The van der Waals surface area contributed by atoms with Gasteiger partial charge in [-0.3, -0.25) is 0 Å². The minimum atomic E-state index is -1.65. The Balaban J connectivity index is 2.22. The van der Waals surface area contributed by atoms with Gasteiger partial charge in [-0.2, -0.15) is 0 Å². The number of carbonyl (C=O) groups is 4. The first kappa shape index (κ1) is 42.2. The summed E-state index contributed by atoms with van der Waals surface area (Å²) in [6, 6.07) is 2.24. The van der Waals surface area contributed by atoms with Gasteiger partial charge in [0.1, 0.15) is 11.1 Å². The molecule has 0 bridgehead atoms. The molecular formula is C34H40Cl6O8. The van der Waals surface area contributed by atoms with Gasteiger partial charge in [-0.05, 0) is 61.5 Å². The SMILES string of the molecule is CCC(C)(C)CCCCOC(=O)c1c(Cl)c(Cl)cc(Cl)c1OC(=O)C(=O)Oc1c(Cl)cc(Cl)c(Cl)c1C(=O)OCCCCC(C)(C)CC. The van der Waals surface area contributed by atoms with Gasteiger partial charge in [0.05, 0.1) is 43.3 Å². The Morgan fingerprint density at radius 1 is 0.562 bits per heavy atom. The molecule has 0 unspecified atom stereocenters. The van der Waals surface area contributed by atoms with E-state index < -0.39 is 46.5 Å². The predicted molar refractivity (Wildman–Crippen MR) is 191 cm³/mol. The fourth-order valence-corrected chi connectivity index (χ4v) is 5.67. The molecular weight excluding hydrogens is 749 g/mol. The zero-order chi connectivity index (χ0) is 36.4. The van der Waals surface area contributed by atoms with Crippen LogP contribution in [0.15, 0.2) is 12.1 Å². The minimum Gasteiger partial charge on any atom is -0.462 e.